The Balaban J connectivity index is 1.96. The molecule has 3 rings (SSSR count). The Morgan fingerprint density at radius 1 is 1.38 bits per heavy atom. The van der Waals surface area contributed by atoms with Gasteiger partial charge >= 0.3 is 5.97 Å². The largest absolute Gasteiger partial charge is 0.462 e. The third-order valence-corrected chi connectivity index (χ3v) is 6.18. The lowest BCUT2D eigenvalue weighted by molar-refractivity contribution is 0.0529. The van der Waals surface area contributed by atoms with Gasteiger partial charge < -0.3 is 10.1 Å². The van der Waals surface area contributed by atoms with Crippen LogP contribution in [0, 0.1) is 18.3 Å². The number of nitriles is 1. The summed E-state index contributed by atoms with van der Waals surface area (Å²) in [5, 5.41) is 19.6. The van der Waals surface area contributed by atoms with Crippen LogP contribution in [0.5, 0.6) is 0 Å². The fraction of sp³-hybridized carbons (Fsp3) is 0.167. The summed E-state index contributed by atoms with van der Waals surface area (Å²) in [6.07, 6.45) is 1.59. The highest BCUT2D eigenvalue weighted by molar-refractivity contribution is 7.17. The van der Waals surface area contributed by atoms with Crippen LogP contribution in [0.3, 0.4) is 0 Å². The standard InChI is InChI=1S/C18H15N3O2S3/c1-3-23-18(22)15-13(14-5-4-6-24-14)10-26-17(15)20-8-12(7-19)16-21-11(2)9-25-16/h4-6,8-10,20H,3H2,1-2H3/b12-8+. The molecule has 0 radical (unpaired) electrons. The minimum absolute atomic E-state index is 0.301. The molecule has 0 aliphatic carbocycles. The first-order chi connectivity index (χ1) is 12.6. The summed E-state index contributed by atoms with van der Waals surface area (Å²) in [7, 11) is 0. The van der Waals surface area contributed by atoms with Gasteiger partial charge in [-0.05, 0) is 25.3 Å². The number of thiazole rings is 1. The van der Waals surface area contributed by atoms with Crippen LogP contribution < -0.4 is 5.32 Å². The number of carbonyl (C=O) groups is 1. The number of aryl methyl sites for hydroxylation is 1. The van der Waals surface area contributed by atoms with Gasteiger partial charge in [0.2, 0.25) is 0 Å². The molecule has 26 heavy (non-hydrogen) atoms. The maximum atomic E-state index is 12.5. The summed E-state index contributed by atoms with van der Waals surface area (Å²) in [5.74, 6) is -0.378. The van der Waals surface area contributed by atoms with Gasteiger partial charge in [0.25, 0.3) is 0 Å². The van der Waals surface area contributed by atoms with Crippen molar-refractivity contribution >= 4 is 50.6 Å². The Bertz CT molecular complexity index is 978. The first-order valence-corrected chi connectivity index (χ1v) is 10.4. The molecule has 0 bridgehead atoms. The molecule has 0 fully saturated rings. The van der Waals surface area contributed by atoms with Gasteiger partial charge in [0.15, 0.2) is 0 Å². The van der Waals surface area contributed by atoms with E-state index in [1.807, 2.05) is 35.2 Å². The fourth-order valence-electron chi connectivity index (χ4n) is 2.24. The number of nitrogens with zero attached hydrogens (tertiary/aromatic N) is 2. The predicted octanol–water partition coefficient (Wildman–Crippen LogP) is 5.39. The van der Waals surface area contributed by atoms with Crippen molar-refractivity contribution in [3.63, 3.8) is 0 Å². The number of anilines is 1. The summed E-state index contributed by atoms with van der Waals surface area (Å²) in [6.45, 7) is 3.96. The molecule has 0 saturated carbocycles. The molecule has 132 valence electrons. The maximum absolute atomic E-state index is 12.5. The lowest BCUT2D eigenvalue weighted by Gasteiger charge is -2.06. The highest BCUT2D eigenvalue weighted by Crippen LogP contribution is 2.38. The number of hydrogen-bond donors (Lipinski definition) is 1. The van der Waals surface area contributed by atoms with Gasteiger partial charge in [-0.3, -0.25) is 0 Å². The topological polar surface area (TPSA) is 75.0 Å². The van der Waals surface area contributed by atoms with E-state index in [2.05, 4.69) is 16.4 Å². The molecular formula is C18H15N3O2S3. The van der Waals surface area contributed by atoms with Crippen LogP contribution in [-0.2, 0) is 4.74 Å². The molecule has 0 aliphatic rings. The van der Waals surface area contributed by atoms with E-state index in [4.69, 9.17) is 4.74 Å². The first kappa shape index (κ1) is 18.3. The van der Waals surface area contributed by atoms with E-state index in [-0.39, 0.29) is 5.97 Å². The minimum Gasteiger partial charge on any atom is -0.462 e. The highest BCUT2D eigenvalue weighted by Gasteiger charge is 2.21. The fourth-order valence-corrected chi connectivity index (χ4v) is 4.75. The van der Waals surface area contributed by atoms with E-state index >= 15 is 0 Å². The molecule has 0 unspecified atom stereocenters. The van der Waals surface area contributed by atoms with Crippen LogP contribution in [0.2, 0.25) is 0 Å². The van der Waals surface area contributed by atoms with Crippen molar-refractivity contribution in [3.8, 4) is 16.5 Å². The number of ether oxygens (including phenoxy) is 1. The number of allylic oxidation sites excluding steroid dienone is 1. The number of nitrogens with one attached hydrogen (secondary N) is 1. The van der Waals surface area contributed by atoms with Crippen LogP contribution in [0.4, 0.5) is 5.00 Å². The SMILES string of the molecule is CCOC(=O)c1c(-c2cccs2)csc1N/C=C(\C#N)c1nc(C)cs1. The van der Waals surface area contributed by atoms with Crippen molar-refractivity contribution < 1.29 is 9.53 Å². The summed E-state index contributed by atoms with van der Waals surface area (Å²) in [4.78, 5) is 17.8. The third-order valence-electron chi connectivity index (χ3n) is 3.37. The molecule has 3 aromatic heterocycles. The number of rotatable bonds is 6. The van der Waals surface area contributed by atoms with Crippen LogP contribution in [0.15, 0.2) is 34.5 Å². The van der Waals surface area contributed by atoms with Crippen molar-refractivity contribution in [2.75, 3.05) is 11.9 Å². The molecule has 3 aromatic rings. The summed E-state index contributed by atoms with van der Waals surface area (Å²) in [6, 6.07) is 6.06. The van der Waals surface area contributed by atoms with Crippen molar-refractivity contribution in [2.24, 2.45) is 0 Å². The van der Waals surface area contributed by atoms with E-state index < -0.39 is 0 Å². The lowest BCUT2D eigenvalue weighted by Crippen LogP contribution is -2.07. The molecule has 0 atom stereocenters. The molecule has 0 spiro atoms. The second-order valence-corrected chi connectivity index (χ2v) is 7.84. The Hall–Kier alpha value is -2.47. The number of esters is 1. The predicted molar refractivity (Wildman–Crippen MR) is 108 cm³/mol. The third kappa shape index (κ3) is 3.85. The highest BCUT2D eigenvalue weighted by atomic mass is 32.1. The van der Waals surface area contributed by atoms with Crippen molar-refractivity contribution in [2.45, 2.75) is 13.8 Å². The molecule has 5 nitrogen and oxygen atoms in total. The van der Waals surface area contributed by atoms with Gasteiger partial charge in [-0.1, -0.05) is 6.07 Å². The van der Waals surface area contributed by atoms with E-state index in [0.29, 0.717) is 27.8 Å². The zero-order valence-electron chi connectivity index (χ0n) is 14.1. The van der Waals surface area contributed by atoms with Gasteiger partial charge in [0.1, 0.15) is 27.2 Å². The second kappa shape index (κ2) is 8.27. The van der Waals surface area contributed by atoms with Crippen molar-refractivity contribution in [3.05, 3.63) is 50.7 Å². The minimum atomic E-state index is -0.378. The zero-order chi connectivity index (χ0) is 18.5. The number of carbonyl (C=O) groups excluding carboxylic acids is 1. The average Bonchev–Trinajstić information content (AvgIpc) is 3.35. The van der Waals surface area contributed by atoms with Gasteiger partial charge in [0, 0.05) is 33.1 Å². The van der Waals surface area contributed by atoms with E-state index in [1.165, 1.54) is 22.7 Å². The number of aromatic nitrogens is 1. The van der Waals surface area contributed by atoms with Gasteiger partial charge in [-0.15, -0.1) is 34.0 Å². The summed E-state index contributed by atoms with van der Waals surface area (Å²) >= 11 is 4.38. The van der Waals surface area contributed by atoms with Gasteiger partial charge in [-0.2, -0.15) is 5.26 Å². The Morgan fingerprint density at radius 3 is 2.85 bits per heavy atom. The van der Waals surface area contributed by atoms with Crippen LogP contribution in [-0.4, -0.2) is 17.6 Å². The average molecular weight is 402 g/mol. The second-order valence-electron chi connectivity index (χ2n) is 5.16. The monoisotopic (exact) mass is 401 g/mol. The Morgan fingerprint density at radius 2 is 2.23 bits per heavy atom. The molecule has 0 aliphatic heterocycles. The van der Waals surface area contributed by atoms with Crippen molar-refractivity contribution in [1.29, 1.82) is 5.26 Å². The molecule has 3 heterocycles. The van der Waals surface area contributed by atoms with E-state index in [1.54, 1.807) is 24.5 Å². The quantitative estimate of drug-likeness (QED) is 0.442. The zero-order valence-corrected chi connectivity index (χ0v) is 16.6. The molecular weight excluding hydrogens is 386 g/mol. The smallest absolute Gasteiger partial charge is 0.341 e. The number of hydrogen-bond acceptors (Lipinski definition) is 8. The molecule has 0 amide bonds. The van der Waals surface area contributed by atoms with Gasteiger partial charge in [0.05, 0.1) is 6.61 Å². The normalized spacial score (nSPS) is 11.2. The van der Waals surface area contributed by atoms with Crippen LogP contribution in [0.25, 0.3) is 16.0 Å². The Labute approximate surface area is 163 Å². The van der Waals surface area contributed by atoms with E-state index in [0.717, 1.165) is 16.1 Å². The van der Waals surface area contributed by atoms with Gasteiger partial charge in [-0.25, -0.2) is 9.78 Å². The number of thiophene rings is 2. The maximum Gasteiger partial charge on any atom is 0.341 e. The molecule has 0 saturated heterocycles. The lowest BCUT2D eigenvalue weighted by atomic mass is 10.1. The molecule has 0 aromatic carbocycles. The first-order valence-electron chi connectivity index (χ1n) is 7.75. The van der Waals surface area contributed by atoms with Crippen LogP contribution in [0.1, 0.15) is 28.0 Å². The van der Waals surface area contributed by atoms with Crippen molar-refractivity contribution in [1.82, 2.24) is 4.98 Å². The summed E-state index contributed by atoms with van der Waals surface area (Å²) < 4.78 is 5.22. The Kier molecular flexibility index (Phi) is 5.83. The molecule has 8 heteroatoms. The van der Waals surface area contributed by atoms with Crippen LogP contribution >= 0.6 is 34.0 Å². The molecule has 1 N–H and O–H groups in total. The summed E-state index contributed by atoms with van der Waals surface area (Å²) in [5.41, 5.74) is 2.62. The van der Waals surface area contributed by atoms with E-state index in [9.17, 15) is 10.1 Å².